The molecular formula is C12H11ClF3NO. The lowest BCUT2D eigenvalue weighted by Crippen LogP contribution is -2.40. The van der Waals surface area contributed by atoms with Gasteiger partial charge in [0.05, 0.1) is 5.56 Å². The lowest BCUT2D eigenvalue weighted by atomic mass is 9.91. The predicted molar refractivity (Wildman–Crippen MR) is 60.8 cm³/mol. The van der Waals surface area contributed by atoms with Gasteiger partial charge in [0, 0.05) is 23.0 Å². The van der Waals surface area contributed by atoms with Crippen molar-refractivity contribution in [3.8, 4) is 5.75 Å². The summed E-state index contributed by atoms with van der Waals surface area (Å²) >= 11 is 5.98. The quantitative estimate of drug-likeness (QED) is 0.783. The number of alkyl halides is 3. The summed E-state index contributed by atoms with van der Waals surface area (Å²) in [5.41, 5.74) is -0.105. The van der Waals surface area contributed by atoms with Gasteiger partial charge < -0.3 is 10.1 Å². The molecule has 18 heavy (non-hydrogen) atoms. The normalized spacial score (nSPS) is 26.4. The van der Waals surface area contributed by atoms with Crippen molar-refractivity contribution in [2.24, 2.45) is 0 Å². The Hall–Kier alpha value is -0.940. The Morgan fingerprint density at radius 1 is 1.33 bits per heavy atom. The molecule has 0 amide bonds. The van der Waals surface area contributed by atoms with Gasteiger partial charge in [-0.15, -0.1) is 0 Å². The second-order valence-corrected chi connectivity index (χ2v) is 5.05. The van der Waals surface area contributed by atoms with E-state index in [9.17, 15) is 13.2 Å². The fourth-order valence-electron chi connectivity index (χ4n) is 2.58. The van der Waals surface area contributed by atoms with Gasteiger partial charge in [-0.2, -0.15) is 13.2 Å². The third-order valence-corrected chi connectivity index (χ3v) is 3.73. The van der Waals surface area contributed by atoms with E-state index in [0.29, 0.717) is 5.56 Å². The van der Waals surface area contributed by atoms with Crippen LogP contribution in [-0.4, -0.2) is 12.6 Å². The fourth-order valence-corrected chi connectivity index (χ4v) is 2.92. The Morgan fingerprint density at radius 3 is 2.83 bits per heavy atom. The van der Waals surface area contributed by atoms with Crippen molar-refractivity contribution in [2.45, 2.75) is 31.2 Å². The van der Waals surface area contributed by atoms with Gasteiger partial charge in [0.2, 0.25) is 0 Å². The molecule has 0 radical (unpaired) electrons. The van der Waals surface area contributed by atoms with E-state index < -0.39 is 11.7 Å². The van der Waals surface area contributed by atoms with Crippen molar-refractivity contribution < 1.29 is 17.9 Å². The van der Waals surface area contributed by atoms with Crippen LogP contribution >= 0.6 is 11.6 Å². The van der Waals surface area contributed by atoms with Crippen LogP contribution < -0.4 is 10.1 Å². The SMILES string of the molecule is FC(F)(F)c1cc(Cl)c2c(c1)O[C@@H]1CCN[C@H]2C1. The van der Waals surface area contributed by atoms with E-state index in [0.717, 1.165) is 31.5 Å². The highest BCUT2D eigenvalue weighted by Crippen LogP contribution is 2.45. The number of nitrogens with one attached hydrogen (secondary N) is 1. The molecule has 2 heterocycles. The van der Waals surface area contributed by atoms with E-state index in [-0.39, 0.29) is 22.9 Å². The highest BCUT2D eigenvalue weighted by atomic mass is 35.5. The average Bonchev–Trinajstić information content (AvgIpc) is 2.26. The van der Waals surface area contributed by atoms with E-state index in [1.807, 2.05) is 0 Å². The number of ether oxygens (including phenoxy) is 1. The van der Waals surface area contributed by atoms with Crippen LogP contribution in [0.1, 0.15) is 30.0 Å². The molecule has 2 nitrogen and oxygen atoms in total. The molecule has 2 atom stereocenters. The number of halogens is 4. The number of rotatable bonds is 0. The van der Waals surface area contributed by atoms with Crippen LogP contribution in [0.3, 0.4) is 0 Å². The van der Waals surface area contributed by atoms with E-state index in [1.165, 1.54) is 0 Å². The minimum atomic E-state index is -4.40. The first-order valence-corrected chi connectivity index (χ1v) is 6.13. The summed E-state index contributed by atoms with van der Waals surface area (Å²) in [5.74, 6) is 0.267. The van der Waals surface area contributed by atoms with Crippen molar-refractivity contribution >= 4 is 11.6 Å². The molecule has 2 aliphatic heterocycles. The summed E-state index contributed by atoms with van der Waals surface area (Å²) in [5, 5.41) is 3.38. The van der Waals surface area contributed by atoms with Crippen molar-refractivity contribution in [1.29, 1.82) is 0 Å². The van der Waals surface area contributed by atoms with Gasteiger partial charge in [-0.05, 0) is 25.1 Å². The standard InChI is InChI=1S/C12H11ClF3NO/c13-8-3-6(12(14,15)16)4-10-11(8)9-5-7(18-10)1-2-17-9/h3-4,7,9,17H,1-2,5H2/t7-,9+/m1/s1. The van der Waals surface area contributed by atoms with Crippen molar-refractivity contribution in [2.75, 3.05) is 6.54 Å². The Labute approximate surface area is 107 Å². The second kappa shape index (κ2) is 4.03. The minimum absolute atomic E-state index is 0.00211. The molecule has 1 saturated heterocycles. The van der Waals surface area contributed by atoms with Crippen LogP contribution in [0.2, 0.25) is 5.02 Å². The lowest BCUT2D eigenvalue weighted by Gasteiger charge is -2.38. The molecule has 0 saturated carbocycles. The Morgan fingerprint density at radius 2 is 2.11 bits per heavy atom. The molecule has 2 aliphatic rings. The molecule has 1 aromatic rings. The van der Waals surface area contributed by atoms with Crippen LogP contribution in [0.15, 0.2) is 12.1 Å². The molecule has 1 fully saturated rings. The number of hydrogen-bond donors (Lipinski definition) is 1. The summed E-state index contributed by atoms with van der Waals surface area (Å²) in [7, 11) is 0. The summed E-state index contributed by atoms with van der Waals surface area (Å²) in [6.45, 7) is 0.798. The number of piperidine rings is 1. The summed E-state index contributed by atoms with van der Waals surface area (Å²) < 4.78 is 43.7. The van der Waals surface area contributed by atoms with Crippen LogP contribution in [0.25, 0.3) is 0 Å². The second-order valence-electron chi connectivity index (χ2n) is 4.64. The van der Waals surface area contributed by atoms with Gasteiger partial charge in [0.25, 0.3) is 0 Å². The highest BCUT2D eigenvalue weighted by molar-refractivity contribution is 6.31. The van der Waals surface area contributed by atoms with Gasteiger partial charge in [-0.25, -0.2) is 0 Å². The topological polar surface area (TPSA) is 21.3 Å². The van der Waals surface area contributed by atoms with Gasteiger partial charge in [-0.3, -0.25) is 0 Å². The predicted octanol–water partition coefficient (Wildman–Crippen LogP) is 3.54. The third-order valence-electron chi connectivity index (χ3n) is 3.42. The molecular weight excluding hydrogens is 267 g/mol. The van der Waals surface area contributed by atoms with E-state index >= 15 is 0 Å². The van der Waals surface area contributed by atoms with Crippen LogP contribution in [-0.2, 0) is 6.18 Å². The molecule has 6 heteroatoms. The van der Waals surface area contributed by atoms with Crippen LogP contribution in [0, 0.1) is 0 Å². The summed E-state index contributed by atoms with van der Waals surface area (Å²) in [6, 6.07) is 2.02. The lowest BCUT2D eigenvalue weighted by molar-refractivity contribution is -0.137. The van der Waals surface area contributed by atoms with E-state index in [4.69, 9.17) is 16.3 Å². The Kier molecular flexibility index (Phi) is 2.71. The van der Waals surface area contributed by atoms with Gasteiger partial charge >= 0.3 is 6.18 Å². The third kappa shape index (κ3) is 1.95. The van der Waals surface area contributed by atoms with Gasteiger partial charge in [0.1, 0.15) is 11.9 Å². The fraction of sp³-hybridized carbons (Fsp3) is 0.500. The molecule has 0 aromatic heterocycles. The monoisotopic (exact) mass is 277 g/mol. The summed E-state index contributed by atoms with van der Waals surface area (Å²) in [4.78, 5) is 0. The molecule has 0 spiro atoms. The molecule has 1 aromatic carbocycles. The number of hydrogen-bond acceptors (Lipinski definition) is 2. The number of benzene rings is 1. The van der Waals surface area contributed by atoms with Crippen LogP contribution in [0.4, 0.5) is 13.2 Å². The highest BCUT2D eigenvalue weighted by Gasteiger charge is 2.37. The van der Waals surface area contributed by atoms with Crippen molar-refractivity contribution in [3.05, 3.63) is 28.3 Å². The molecule has 1 N–H and O–H groups in total. The maximum absolute atomic E-state index is 12.7. The Balaban J connectivity index is 2.09. The van der Waals surface area contributed by atoms with E-state index in [1.54, 1.807) is 0 Å². The largest absolute Gasteiger partial charge is 0.490 e. The zero-order chi connectivity index (χ0) is 12.9. The zero-order valence-corrected chi connectivity index (χ0v) is 10.1. The first-order valence-electron chi connectivity index (χ1n) is 5.76. The van der Waals surface area contributed by atoms with Gasteiger partial charge in [-0.1, -0.05) is 11.6 Å². The first kappa shape index (κ1) is 12.1. The Bertz CT molecular complexity index is 489. The van der Waals surface area contributed by atoms with E-state index in [2.05, 4.69) is 5.32 Å². The molecule has 2 bridgehead atoms. The zero-order valence-electron chi connectivity index (χ0n) is 9.35. The molecule has 3 rings (SSSR count). The van der Waals surface area contributed by atoms with Gasteiger partial charge in [0.15, 0.2) is 0 Å². The minimum Gasteiger partial charge on any atom is -0.490 e. The average molecular weight is 278 g/mol. The first-order chi connectivity index (χ1) is 8.45. The van der Waals surface area contributed by atoms with Crippen LogP contribution in [0.5, 0.6) is 5.75 Å². The molecule has 0 aliphatic carbocycles. The smallest absolute Gasteiger partial charge is 0.416 e. The molecule has 0 unspecified atom stereocenters. The maximum atomic E-state index is 12.7. The van der Waals surface area contributed by atoms with Crippen molar-refractivity contribution in [3.63, 3.8) is 0 Å². The van der Waals surface area contributed by atoms with Crippen molar-refractivity contribution in [1.82, 2.24) is 5.32 Å². The summed E-state index contributed by atoms with van der Waals surface area (Å²) in [6.07, 6.45) is -2.84. The maximum Gasteiger partial charge on any atom is 0.416 e. The number of fused-ring (bicyclic) bond motifs is 4. The molecule has 98 valence electrons.